The number of benzene rings is 4. The zero-order chi connectivity index (χ0) is 50.6. The normalized spacial score (nSPS) is 19.8. The molecule has 4 aliphatic heterocycles. The Morgan fingerprint density at radius 3 is 2.36 bits per heavy atom. The number of piperidine rings is 2. The predicted molar refractivity (Wildman–Crippen MR) is 280 cm³/mol. The molecule has 0 spiro atoms. The predicted octanol–water partition coefficient (Wildman–Crippen LogP) is 7.89. The number of nitrogens with one attached hydrogen (secondary N) is 3. The molecule has 374 valence electrons. The van der Waals surface area contributed by atoms with E-state index in [9.17, 15) is 23.7 Å². The van der Waals surface area contributed by atoms with Crippen LogP contribution in [0.3, 0.4) is 0 Å². The molecule has 10 rings (SSSR count). The number of methoxy groups -OCH3 is 1. The molecule has 3 unspecified atom stereocenters. The zero-order valence-corrected chi connectivity index (χ0v) is 43.2. The van der Waals surface area contributed by atoms with Crippen molar-refractivity contribution in [1.82, 2.24) is 34.9 Å². The maximum Gasteiger partial charge on any atom is 0.262 e. The SMILES string of the molecule is COc1cc(N2CCN(CCC3CCN(c4cc5c(cc4F)C(=O)N(C4CCC(=O)NC4=O)C5=O)C(C)C3)CC2)c(-c2cnn(C)c2)cc1Nc1ncc(Br)c(Nc2ccc3ccccc3c2P(C)(C)=O)n1. The van der Waals surface area contributed by atoms with E-state index in [4.69, 9.17) is 9.72 Å². The Hall–Kier alpha value is -6.69. The Balaban J connectivity index is 0.792. The van der Waals surface area contributed by atoms with Gasteiger partial charge in [0, 0.05) is 92.8 Å². The monoisotopic (exact) mass is 1060 g/mol. The van der Waals surface area contributed by atoms with Gasteiger partial charge in [-0.15, -0.1) is 0 Å². The van der Waals surface area contributed by atoms with E-state index in [2.05, 4.69) is 70.8 Å². The summed E-state index contributed by atoms with van der Waals surface area (Å²) in [5, 5.41) is 16.2. The average Bonchev–Trinajstić information content (AvgIpc) is 3.89. The van der Waals surface area contributed by atoms with Crippen LogP contribution in [-0.4, -0.2) is 125 Å². The Kier molecular flexibility index (Phi) is 13.4. The molecule has 4 amide bonds. The average molecular weight is 1060 g/mol. The highest BCUT2D eigenvalue weighted by atomic mass is 79.9. The second-order valence-corrected chi connectivity index (χ2v) is 23.5. The molecule has 3 fully saturated rings. The number of carbonyl (C=O) groups excluding carboxylic acids is 4. The van der Waals surface area contributed by atoms with Gasteiger partial charge in [0.1, 0.15) is 30.6 Å². The summed E-state index contributed by atoms with van der Waals surface area (Å²) >= 11 is 3.62. The number of ether oxygens (including phenoxy) is 1. The lowest BCUT2D eigenvalue weighted by atomic mass is 9.88. The minimum Gasteiger partial charge on any atom is -0.494 e. The fraction of sp³-hybridized carbons (Fsp3) is 0.365. The lowest BCUT2D eigenvalue weighted by molar-refractivity contribution is -0.136. The third-order valence-electron chi connectivity index (χ3n) is 14.4. The molecule has 0 radical (unpaired) electrons. The third kappa shape index (κ3) is 9.56. The number of fused-ring (bicyclic) bond motifs is 2. The number of hydrogen-bond donors (Lipinski definition) is 3. The van der Waals surface area contributed by atoms with Gasteiger partial charge in [0.15, 0.2) is 0 Å². The van der Waals surface area contributed by atoms with Gasteiger partial charge in [-0.3, -0.25) is 39.0 Å². The molecular weight excluding hydrogens is 1000 g/mol. The van der Waals surface area contributed by atoms with Crippen molar-refractivity contribution >= 4 is 97.3 Å². The van der Waals surface area contributed by atoms with E-state index in [1.54, 1.807) is 31.3 Å². The lowest BCUT2D eigenvalue weighted by Crippen LogP contribution is -2.54. The molecule has 6 aromatic rings. The Morgan fingerprint density at radius 2 is 1.65 bits per heavy atom. The summed E-state index contributed by atoms with van der Waals surface area (Å²) in [7, 11) is 0.816. The number of aryl methyl sites for hydroxylation is 1. The fourth-order valence-electron chi connectivity index (χ4n) is 10.8. The van der Waals surface area contributed by atoms with Gasteiger partial charge in [-0.05, 0) is 109 Å². The maximum absolute atomic E-state index is 15.8. The summed E-state index contributed by atoms with van der Waals surface area (Å²) in [6, 6.07) is 17.4. The number of rotatable bonds is 13. The van der Waals surface area contributed by atoms with E-state index >= 15 is 4.39 Å². The molecule has 3 saturated heterocycles. The highest BCUT2D eigenvalue weighted by Gasteiger charge is 2.45. The number of nitrogens with zero attached hydrogens (tertiary/aromatic N) is 8. The summed E-state index contributed by atoms with van der Waals surface area (Å²) in [6.07, 6.45) is 8.25. The molecule has 4 aromatic carbocycles. The summed E-state index contributed by atoms with van der Waals surface area (Å²) in [5.41, 5.74) is 4.60. The number of carbonyl (C=O) groups is 4. The second-order valence-electron chi connectivity index (χ2n) is 19.5. The van der Waals surface area contributed by atoms with Crippen molar-refractivity contribution in [3.8, 4) is 16.9 Å². The molecule has 3 atom stereocenters. The first-order valence-corrected chi connectivity index (χ1v) is 27.6. The number of hydrogen-bond acceptors (Lipinski definition) is 14. The van der Waals surface area contributed by atoms with Crippen LogP contribution < -0.4 is 35.8 Å². The van der Waals surface area contributed by atoms with Crippen LogP contribution in [0, 0.1) is 11.7 Å². The van der Waals surface area contributed by atoms with Crippen molar-refractivity contribution in [2.24, 2.45) is 13.0 Å². The van der Waals surface area contributed by atoms with Crippen molar-refractivity contribution in [2.45, 2.75) is 51.1 Å². The van der Waals surface area contributed by atoms with Crippen LogP contribution in [0.5, 0.6) is 5.75 Å². The molecule has 17 nitrogen and oxygen atoms in total. The summed E-state index contributed by atoms with van der Waals surface area (Å²) in [5.74, 6) is -1.24. The largest absolute Gasteiger partial charge is 0.494 e. The molecule has 0 bridgehead atoms. The Bertz CT molecular complexity index is 3210. The van der Waals surface area contributed by atoms with Gasteiger partial charge >= 0.3 is 0 Å². The smallest absolute Gasteiger partial charge is 0.262 e. The topological polar surface area (TPSA) is 187 Å². The van der Waals surface area contributed by atoms with Crippen LogP contribution >= 0.6 is 23.1 Å². The lowest BCUT2D eigenvalue weighted by Gasteiger charge is -2.41. The number of halogens is 2. The minimum atomic E-state index is -2.72. The second kappa shape index (κ2) is 19.7. The maximum atomic E-state index is 15.8. The molecule has 6 heterocycles. The Labute approximate surface area is 425 Å². The van der Waals surface area contributed by atoms with Gasteiger partial charge in [0.05, 0.1) is 46.0 Å². The number of aromatic nitrogens is 4. The molecule has 20 heteroatoms. The number of anilines is 6. The number of amides is 4. The summed E-state index contributed by atoms with van der Waals surface area (Å²) < 4.78 is 37.9. The molecule has 72 heavy (non-hydrogen) atoms. The van der Waals surface area contributed by atoms with Gasteiger partial charge in [0.25, 0.3) is 11.8 Å². The van der Waals surface area contributed by atoms with Crippen LogP contribution in [0.15, 0.2) is 83.7 Å². The first-order valence-electron chi connectivity index (χ1n) is 24.2. The fourth-order valence-corrected chi connectivity index (χ4v) is 12.5. The van der Waals surface area contributed by atoms with E-state index < -0.39 is 42.6 Å². The van der Waals surface area contributed by atoms with Gasteiger partial charge < -0.3 is 29.7 Å². The van der Waals surface area contributed by atoms with Gasteiger partial charge in [-0.2, -0.15) is 10.1 Å². The van der Waals surface area contributed by atoms with Crippen molar-refractivity contribution < 1.29 is 32.9 Å². The van der Waals surface area contributed by atoms with E-state index in [1.807, 2.05) is 60.7 Å². The van der Waals surface area contributed by atoms with E-state index in [-0.39, 0.29) is 35.7 Å². The highest BCUT2D eigenvalue weighted by molar-refractivity contribution is 9.10. The van der Waals surface area contributed by atoms with E-state index in [0.717, 1.165) is 95.8 Å². The molecule has 0 aliphatic carbocycles. The van der Waals surface area contributed by atoms with Crippen LogP contribution in [0.2, 0.25) is 0 Å². The van der Waals surface area contributed by atoms with Gasteiger partial charge in [-0.1, -0.05) is 30.3 Å². The molecule has 3 N–H and O–H groups in total. The number of piperazine rings is 1. The standard InChI is InChI=1S/C52H56BrFN11O6P/c1-30-22-31(15-17-64(30)44-25-37-36(23-39(44)54)50(68)65(51(37)69)42-12-13-46(66)59-49(42)67)14-16-62-18-20-63(21-19-62)43-26-45(71-3)41(24-35(43)33-27-56-61(2)29-33)58-52-55-28-38(53)48(60-52)57-40-11-10-32-8-6-7-9-34(32)47(40)72(4,5)70/h6-11,23-31,42H,12-22H2,1-5H3,(H,59,66,67)(H2,55,57,58,60). The number of imide groups is 2. The van der Waals surface area contributed by atoms with E-state index in [0.29, 0.717) is 45.8 Å². The van der Waals surface area contributed by atoms with E-state index in [1.165, 1.54) is 6.07 Å². The summed E-state index contributed by atoms with van der Waals surface area (Å²) in [6.45, 7) is 10.4. The van der Waals surface area contributed by atoms with Crippen molar-refractivity contribution in [3.63, 3.8) is 0 Å². The van der Waals surface area contributed by atoms with Crippen molar-refractivity contribution in [1.29, 1.82) is 0 Å². The first-order chi connectivity index (χ1) is 34.5. The van der Waals surface area contributed by atoms with Gasteiger partial charge in [-0.25, -0.2) is 9.37 Å². The molecular formula is C52H56BrFN11O6P. The van der Waals surface area contributed by atoms with Crippen molar-refractivity contribution in [2.75, 3.05) is 80.1 Å². The van der Waals surface area contributed by atoms with Gasteiger partial charge in [0.2, 0.25) is 17.8 Å². The molecule has 0 saturated carbocycles. The van der Waals surface area contributed by atoms with Crippen LogP contribution in [0.1, 0.15) is 59.7 Å². The minimum absolute atomic E-state index is 0.0105. The van der Waals surface area contributed by atoms with Crippen molar-refractivity contribution in [3.05, 3.63) is 101 Å². The highest BCUT2D eigenvalue weighted by Crippen LogP contribution is 2.44. The third-order valence-corrected chi connectivity index (χ3v) is 16.5. The first kappa shape index (κ1) is 48.9. The quantitative estimate of drug-likeness (QED) is 0.0749. The Morgan fingerprint density at radius 1 is 0.889 bits per heavy atom. The summed E-state index contributed by atoms with van der Waals surface area (Å²) in [4.78, 5) is 68.3. The molecule has 2 aromatic heterocycles. The molecule has 4 aliphatic rings. The van der Waals surface area contributed by atoms with Crippen LogP contribution in [0.4, 0.5) is 38.9 Å². The van der Waals surface area contributed by atoms with Crippen LogP contribution in [-0.2, 0) is 21.2 Å². The zero-order valence-electron chi connectivity index (χ0n) is 40.7. The van der Waals surface area contributed by atoms with Crippen LogP contribution in [0.25, 0.3) is 21.9 Å².